The van der Waals surface area contributed by atoms with Crippen LogP contribution < -0.4 is 0 Å². The van der Waals surface area contributed by atoms with E-state index in [0.29, 0.717) is 0 Å². The molecule has 3 heteroatoms. The first-order valence-corrected chi connectivity index (χ1v) is 6.82. The highest BCUT2D eigenvalue weighted by atomic mass is 16.5. The van der Waals surface area contributed by atoms with Crippen molar-refractivity contribution in [2.24, 2.45) is 5.92 Å². The van der Waals surface area contributed by atoms with E-state index in [4.69, 9.17) is 4.74 Å². The highest BCUT2D eigenvalue weighted by Gasteiger charge is 2.21. The summed E-state index contributed by atoms with van der Waals surface area (Å²) in [7, 11) is 1.79. The number of nitrogens with zero attached hydrogens (tertiary/aromatic N) is 2. The Balaban J connectivity index is 1.60. The van der Waals surface area contributed by atoms with E-state index in [9.17, 15) is 0 Å². The van der Waals surface area contributed by atoms with Gasteiger partial charge in [0.1, 0.15) is 0 Å². The van der Waals surface area contributed by atoms with E-state index in [2.05, 4.69) is 9.80 Å². The fourth-order valence-electron chi connectivity index (χ4n) is 2.97. The molecule has 0 aromatic rings. The minimum absolute atomic E-state index is 0.878. The molecule has 0 amide bonds. The van der Waals surface area contributed by atoms with Gasteiger partial charge in [-0.05, 0) is 18.8 Å². The zero-order valence-electron chi connectivity index (χ0n) is 10.7. The van der Waals surface area contributed by atoms with Crippen LogP contribution in [0.3, 0.4) is 0 Å². The molecule has 1 aliphatic carbocycles. The molecule has 1 saturated heterocycles. The van der Waals surface area contributed by atoms with Crippen molar-refractivity contribution in [3.05, 3.63) is 0 Å². The van der Waals surface area contributed by atoms with Crippen LogP contribution in [0.4, 0.5) is 0 Å². The first kappa shape index (κ1) is 12.3. The summed E-state index contributed by atoms with van der Waals surface area (Å²) >= 11 is 0. The van der Waals surface area contributed by atoms with E-state index in [-0.39, 0.29) is 0 Å². The van der Waals surface area contributed by atoms with Crippen LogP contribution in [0.1, 0.15) is 25.7 Å². The maximum atomic E-state index is 5.12. The summed E-state index contributed by atoms with van der Waals surface area (Å²) in [5.41, 5.74) is 0. The van der Waals surface area contributed by atoms with Gasteiger partial charge < -0.3 is 9.64 Å². The molecule has 1 heterocycles. The van der Waals surface area contributed by atoms with Gasteiger partial charge in [0.15, 0.2) is 0 Å². The molecule has 1 saturated carbocycles. The molecule has 0 aromatic carbocycles. The van der Waals surface area contributed by atoms with E-state index in [1.54, 1.807) is 7.11 Å². The highest BCUT2D eigenvalue weighted by molar-refractivity contribution is 4.76. The molecule has 2 fully saturated rings. The summed E-state index contributed by atoms with van der Waals surface area (Å²) in [6, 6.07) is 0. The lowest BCUT2D eigenvalue weighted by Gasteiger charge is -2.35. The molecule has 0 bridgehead atoms. The van der Waals surface area contributed by atoms with Crippen LogP contribution in [0.15, 0.2) is 0 Å². The van der Waals surface area contributed by atoms with Crippen LogP contribution >= 0.6 is 0 Å². The van der Waals surface area contributed by atoms with Crippen molar-refractivity contribution in [2.75, 3.05) is 53.0 Å². The molecule has 0 radical (unpaired) electrons. The third-order valence-corrected chi connectivity index (χ3v) is 4.07. The first-order chi connectivity index (χ1) is 7.88. The van der Waals surface area contributed by atoms with Crippen LogP contribution in [-0.4, -0.2) is 62.8 Å². The van der Waals surface area contributed by atoms with Crippen LogP contribution in [0.25, 0.3) is 0 Å². The predicted octanol–water partition coefficient (Wildman–Crippen LogP) is 1.44. The standard InChI is InChI=1S/C13H26N2O/c1-16-11-10-14-6-8-15(9-7-14)12-13-4-2-3-5-13/h13H,2-12H2,1H3. The zero-order chi connectivity index (χ0) is 11.2. The Bertz CT molecular complexity index is 184. The molecule has 2 rings (SSSR count). The Hall–Kier alpha value is -0.120. The summed E-state index contributed by atoms with van der Waals surface area (Å²) in [6.45, 7) is 8.33. The van der Waals surface area contributed by atoms with Gasteiger partial charge in [-0.3, -0.25) is 4.90 Å². The predicted molar refractivity (Wildman–Crippen MR) is 66.7 cm³/mol. The molecule has 0 N–H and O–H groups in total. The monoisotopic (exact) mass is 226 g/mol. The summed E-state index contributed by atoms with van der Waals surface area (Å²) in [5, 5.41) is 0. The Labute approximate surface area is 99.7 Å². The van der Waals surface area contributed by atoms with Gasteiger partial charge >= 0.3 is 0 Å². The normalized spacial score (nSPS) is 25.3. The fourth-order valence-corrected chi connectivity index (χ4v) is 2.97. The van der Waals surface area contributed by atoms with Crippen LogP contribution in [0.5, 0.6) is 0 Å². The lowest BCUT2D eigenvalue weighted by Crippen LogP contribution is -2.48. The Morgan fingerprint density at radius 2 is 1.62 bits per heavy atom. The topological polar surface area (TPSA) is 15.7 Å². The maximum Gasteiger partial charge on any atom is 0.0589 e. The molecule has 0 spiro atoms. The van der Waals surface area contributed by atoms with Crippen molar-refractivity contribution in [3.63, 3.8) is 0 Å². The van der Waals surface area contributed by atoms with E-state index in [0.717, 1.165) is 19.1 Å². The zero-order valence-corrected chi connectivity index (χ0v) is 10.7. The third kappa shape index (κ3) is 3.72. The fraction of sp³-hybridized carbons (Fsp3) is 1.00. The minimum atomic E-state index is 0.878. The van der Waals surface area contributed by atoms with Gasteiger partial charge in [-0.15, -0.1) is 0 Å². The Kier molecular flexibility index (Phi) is 5.07. The number of methoxy groups -OCH3 is 1. The third-order valence-electron chi connectivity index (χ3n) is 4.07. The van der Waals surface area contributed by atoms with Crippen molar-refractivity contribution < 1.29 is 4.74 Å². The second-order valence-electron chi connectivity index (χ2n) is 5.29. The lowest BCUT2D eigenvalue weighted by molar-refractivity contribution is 0.0894. The Morgan fingerprint density at radius 1 is 1.00 bits per heavy atom. The van der Waals surface area contributed by atoms with Gasteiger partial charge in [0.25, 0.3) is 0 Å². The molecule has 94 valence electrons. The maximum absolute atomic E-state index is 5.12. The molecule has 2 aliphatic rings. The molecule has 0 unspecified atom stereocenters. The van der Waals surface area contributed by atoms with Crippen molar-refractivity contribution in [1.82, 2.24) is 9.80 Å². The summed E-state index contributed by atoms with van der Waals surface area (Å²) in [6.07, 6.45) is 5.89. The average molecular weight is 226 g/mol. The number of ether oxygens (including phenoxy) is 1. The molecular formula is C13H26N2O. The number of piperazine rings is 1. The van der Waals surface area contributed by atoms with Crippen LogP contribution in [0.2, 0.25) is 0 Å². The van der Waals surface area contributed by atoms with Gasteiger partial charge in [0, 0.05) is 46.4 Å². The molecule has 0 atom stereocenters. The quantitative estimate of drug-likeness (QED) is 0.705. The highest BCUT2D eigenvalue weighted by Crippen LogP contribution is 2.25. The molecule has 0 aromatic heterocycles. The molecular weight excluding hydrogens is 200 g/mol. The van der Waals surface area contributed by atoms with Gasteiger partial charge in [-0.2, -0.15) is 0 Å². The second-order valence-corrected chi connectivity index (χ2v) is 5.29. The molecule has 1 aliphatic heterocycles. The van der Waals surface area contributed by atoms with E-state index in [1.165, 1.54) is 58.4 Å². The Morgan fingerprint density at radius 3 is 2.25 bits per heavy atom. The van der Waals surface area contributed by atoms with Crippen molar-refractivity contribution in [1.29, 1.82) is 0 Å². The van der Waals surface area contributed by atoms with E-state index >= 15 is 0 Å². The van der Waals surface area contributed by atoms with Gasteiger partial charge in [-0.1, -0.05) is 12.8 Å². The smallest absolute Gasteiger partial charge is 0.0589 e. The SMILES string of the molecule is COCCN1CCN(CC2CCCC2)CC1. The second kappa shape index (κ2) is 6.58. The van der Waals surface area contributed by atoms with Crippen molar-refractivity contribution in [3.8, 4) is 0 Å². The largest absolute Gasteiger partial charge is 0.383 e. The van der Waals surface area contributed by atoms with E-state index in [1.807, 2.05) is 0 Å². The number of hydrogen-bond acceptors (Lipinski definition) is 3. The number of hydrogen-bond donors (Lipinski definition) is 0. The van der Waals surface area contributed by atoms with Gasteiger partial charge in [0.2, 0.25) is 0 Å². The number of rotatable bonds is 5. The average Bonchev–Trinajstić information content (AvgIpc) is 2.81. The van der Waals surface area contributed by atoms with Crippen LogP contribution in [0, 0.1) is 5.92 Å². The van der Waals surface area contributed by atoms with Gasteiger partial charge in [0.05, 0.1) is 6.61 Å². The summed E-state index contributed by atoms with van der Waals surface area (Å²) < 4.78 is 5.12. The molecule has 16 heavy (non-hydrogen) atoms. The van der Waals surface area contributed by atoms with Gasteiger partial charge in [-0.25, -0.2) is 0 Å². The van der Waals surface area contributed by atoms with Crippen molar-refractivity contribution >= 4 is 0 Å². The minimum Gasteiger partial charge on any atom is -0.383 e. The first-order valence-electron chi connectivity index (χ1n) is 6.82. The lowest BCUT2D eigenvalue weighted by atomic mass is 10.1. The van der Waals surface area contributed by atoms with Crippen LogP contribution in [-0.2, 0) is 4.74 Å². The summed E-state index contributed by atoms with van der Waals surface area (Å²) in [5.74, 6) is 1.01. The molecule has 3 nitrogen and oxygen atoms in total. The van der Waals surface area contributed by atoms with E-state index < -0.39 is 0 Å². The van der Waals surface area contributed by atoms with Crippen molar-refractivity contribution in [2.45, 2.75) is 25.7 Å². The summed E-state index contributed by atoms with van der Waals surface area (Å²) in [4.78, 5) is 5.19.